The van der Waals surface area contributed by atoms with E-state index in [2.05, 4.69) is 16.0 Å². The van der Waals surface area contributed by atoms with Gasteiger partial charge in [-0.25, -0.2) is 4.98 Å². The minimum Gasteiger partial charge on any atom is -0.328 e. The Morgan fingerprint density at radius 3 is 2.90 bits per heavy atom. The Bertz CT molecular complexity index is 761. The van der Waals surface area contributed by atoms with Gasteiger partial charge in [-0.3, -0.25) is 4.79 Å². The summed E-state index contributed by atoms with van der Waals surface area (Å²) in [5.74, 6) is 0.732. The van der Waals surface area contributed by atoms with Crippen molar-refractivity contribution in [3.8, 4) is 0 Å². The molecule has 0 fully saturated rings. The summed E-state index contributed by atoms with van der Waals surface area (Å²) in [4.78, 5) is 20.0. The van der Waals surface area contributed by atoms with Crippen LogP contribution in [0.4, 0.5) is 0 Å². The van der Waals surface area contributed by atoms with Gasteiger partial charge in [-0.05, 0) is 19.1 Å². The highest BCUT2D eigenvalue weighted by Crippen LogP contribution is 2.27. The minimum absolute atomic E-state index is 0.193. The number of fused-ring (bicyclic) bond motifs is 1. The van der Waals surface area contributed by atoms with Crippen LogP contribution in [0.15, 0.2) is 46.5 Å². The number of thiazole rings is 1. The Hall–Kier alpha value is -1.66. The standard InChI is InChI=1S/C14H13N3OS2/c1-2-17-8-7-12(18)16-14(17)19-9-13-15-10-5-3-4-6-11(10)20-13/h3-8H,2,9H2,1H3. The average molecular weight is 303 g/mol. The topological polar surface area (TPSA) is 47.8 Å². The molecule has 0 aliphatic heterocycles. The van der Waals surface area contributed by atoms with E-state index in [1.807, 2.05) is 29.7 Å². The molecule has 4 nitrogen and oxygen atoms in total. The van der Waals surface area contributed by atoms with Crippen LogP contribution in [0.2, 0.25) is 0 Å². The van der Waals surface area contributed by atoms with Crippen LogP contribution in [0.5, 0.6) is 0 Å². The van der Waals surface area contributed by atoms with E-state index in [1.54, 1.807) is 29.3 Å². The van der Waals surface area contributed by atoms with E-state index < -0.39 is 0 Å². The number of benzene rings is 1. The van der Waals surface area contributed by atoms with E-state index >= 15 is 0 Å². The fraction of sp³-hybridized carbons (Fsp3) is 0.214. The number of rotatable bonds is 4. The van der Waals surface area contributed by atoms with Crippen molar-refractivity contribution in [1.29, 1.82) is 0 Å². The molecule has 0 spiro atoms. The number of para-hydroxylation sites is 1. The van der Waals surface area contributed by atoms with Gasteiger partial charge in [-0.15, -0.1) is 11.3 Å². The van der Waals surface area contributed by atoms with Crippen LogP contribution in [0, 0.1) is 0 Å². The molecule has 0 N–H and O–H groups in total. The number of thioether (sulfide) groups is 1. The van der Waals surface area contributed by atoms with Crippen LogP contribution in [0.3, 0.4) is 0 Å². The second-order valence-corrected chi connectivity index (χ2v) is 6.26. The predicted octanol–water partition coefficient (Wildman–Crippen LogP) is 3.17. The van der Waals surface area contributed by atoms with E-state index in [9.17, 15) is 4.79 Å². The molecular formula is C14H13N3OS2. The van der Waals surface area contributed by atoms with Gasteiger partial charge in [0.25, 0.3) is 5.56 Å². The Morgan fingerprint density at radius 1 is 1.25 bits per heavy atom. The van der Waals surface area contributed by atoms with Gasteiger partial charge in [0.2, 0.25) is 0 Å². The molecule has 0 aliphatic rings. The fourth-order valence-electron chi connectivity index (χ4n) is 1.88. The zero-order valence-corrected chi connectivity index (χ0v) is 12.6. The van der Waals surface area contributed by atoms with Crippen molar-refractivity contribution in [2.75, 3.05) is 0 Å². The van der Waals surface area contributed by atoms with Gasteiger partial charge >= 0.3 is 0 Å². The van der Waals surface area contributed by atoms with Crippen LogP contribution in [-0.2, 0) is 12.3 Å². The summed E-state index contributed by atoms with van der Waals surface area (Å²) < 4.78 is 3.16. The molecule has 0 radical (unpaired) electrons. The van der Waals surface area contributed by atoms with Gasteiger partial charge < -0.3 is 4.57 Å². The van der Waals surface area contributed by atoms with Gasteiger partial charge in [0.1, 0.15) is 5.01 Å². The zero-order valence-electron chi connectivity index (χ0n) is 10.9. The molecule has 102 valence electrons. The second-order valence-electron chi connectivity index (χ2n) is 4.20. The largest absolute Gasteiger partial charge is 0.328 e. The van der Waals surface area contributed by atoms with Gasteiger partial charge in [0.15, 0.2) is 5.16 Å². The summed E-state index contributed by atoms with van der Waals surface area (Å²) in [6.45, 7) is 2.84. The van der Waals surface area contributed by atoms with Crippen LogP contribution in [0.25, 0.3) is 10.2 Å². The summed E-state index contributed by atoms with van der Waals surface area (Å²) in [5.41, 5.74) is 0.837. The van der Waals surface area contributed by atoms with Crippen LogP contribution < -0.4 is 5.56 Å². The van der Waals surface area contributed by atoms with Crippen molar-refractivity contribution >= 4 is 33.3 Å². The molecule has 3 rings (SSSR count). The first-order chi connectivity index (χ1) is 9.76. The van der Waals surface area contributed by atoms with Gasteiger partial charge in [0.05, 0.1) is 16.0 Å². The quantitative estimate of drug-likeness (QED) is 0.549. The predicted molar refractivity (Wildman–Crippen MR) is 83.4 cm³/mol. The average Bonchev–Trinajstić information content (AvgIpc) is 2.88. The first kappa shape index (κ1) is 13.3. The third-order valence-corrected chi connectivity index (χ3v) is 5.07. The van der Waals surface area contributed by atoms with Crippen LogP contribution >= 0.6 is 23.1 Å². The lowest BCUT2D eigenvalue weighted by molar-refractivity contribution is 0.640. The fourth-order valence-corrected chi connectivity index (χ4v) is 3.88. The van der Waals surface area contributed by atoms with E-state index in [0.717, 1.165) is 28.0 Å². The Morgan fingerprint density at radius 2 is 2.10 bits per heavy atom. The van der Waals surface area contributed by atoms with Crippen molar-refractivity contribution in [2.24, 2.45) is 0 Å². The summed E-state index contributed by atoms with van der Waals surface area (Å²) in [5, 5.41) is 1.80. The van der Waals surface area contributed by atoms with Gasteiger partial charge in [0, 0.05) is 18.8 Å². The molecular weight excluding hydrogens is 290 g/mol. The molecule has 0 aliphatic carbocycles. The van der Waals surface area contributed by atoms with Crippen molar-refractivity contribution in [3.05, 3.63) is 51.9 Å². The summed E-state index contributed by atoms with van der Waals surface area (Å²) in [6.07, 6.45) is 1.79. The smallest absolute Gasteiger partial charge is 0.273 e. The van der Waals surface area contributed by atoms with E-state index in [-0.39, 0.29) is 5.56 Å². The Kier molecular flexibility index (Phi) is 3.84. The first-order valence-corrected chi connectivity index (χ1v) is 8.11. The van der Waals surface area contributed by atoms with Crippen molar-refractivity contribution in [2.45, 2.75) is 24.4 Å². The van der Waals surface area contributed by atoms with Crippen molar-refractivity contribution < 1.29 is 0 Å². The maximum absolute atomic E-state index is 11.4. The van der Waals surface area contributed by atoms with Crippen molar-refractivity contribution in [3.63, 3.8) is 0 Å². The minimum atomic E-state index is -0.193. The third-order valence-electron chi connectivity index (χ3n) is 2.85. The third kappa shape index (κ3) is 2.76. The zero-order chi connectivity index (χ0) is 13.9. The lowest BCUT2D eigenvalue weighted by Crippen LogP contribution is -2.12. The number of aryl methyl sites for hydroxylation is 1. The molecule has 6 heteroatoms. The molecule has 0 saturated heterocycles. The molecule has 0 amide bonds. The van der Waals surface area contributed by atoms with E-state index in [4.69, 9.17) is 0 Å². The maximum atomic E-state index is 11.4. The van der Waals surface area contributed by atoms with Crippen LogP contribution in [0.1, 0.15) is 11.9 Å². The lowest BCUT2D eigenvalue weighted by Gasteiger charge is -2.07. The molecule has 0 unspecified atom stereocenters. The molecule has 0 bridgehead atoms. The Labute approximate surface area is 124 Å². The molecule has 1 aromatic carbocycles. The van der Waals surface area contributed by atoms with Gasteiger partial charge in [-0.1, -0.05) is 23.9 Å². The monoisotopic (exact) mass is 303 g/mol. The number of nitrogens with zero attached hydrogens (tertiary/aromatic N) is 3. The molecule has 3 aromatic rings. The molecule has 0 saturated carbocycles. The lowest BCUT2D eigenvalue weighted by atomic mass is 10.3. The molecule has 2 aromatic heterocycles. The van der Waals surface area contributed by atoms with Gasteiger partial charge in [-0.2, -0.15) is 4.98 Å². The van der Waals surface area contributed by atoms with Crippen LogP contribution in [-0.4, -0.2) is 14.5 Å². The maximum Gasteiger partial charge on any atom is 0.273 e. The second kappa shape index (κ2) is 5.76. The SMILES string of the molecule is CCn1ccc(=O)nc1SCc1nc2ccccc2s1. The number of hydrogen-bond donors (Lipinski definition) is 0. The number of hydrogen-bond acceptors (Lipinski definition) is 5. The summed E-state index contributed by atoms with van der Waals surface area (Å²) in [7, 11) is 0. The summed E-state index contributed by atoms with van der Waals surface area (Å²) >= 11 is 3.24. The van der Waals surface area contributed by atoms with E-state index in [1.165, 1.54) is 10.8 Å². The highest BCUT2D eigenvalue weighted by Gasteiger charge is 2.07. The molecule has 0 atom stereocenters. The normalized spacial score (nSPS) is 11.1. The Balaban J connectivity index is 1.82. The highest BCUT2D eigenvalue weighted by atomic mass is 32.2. The van der Waals surface area contributed by atoms with Crippen molar-refractivity contribution in [1.82, 2.24) is 14.5 Å². The highest BCUT2D eigenvalue weighted by molar-refractivity contribution is 7.98. The first-order valence-electron chi connectivity index (χ1n) is 6.31. The number of aromatic nitrogens is 3. The molecule has 2 heterocycles. The molecule has 20 heavy (non-hydrogen) atoms. The summed E-state index contributed by atoms with van der Waals surface area (Å²) in [6, 6.07) is 9.59. The van der Waals surface area contributed by atoms with E-state index in [0.29, 0.717) is 0 Å².